The number of benzene rings is 2. The molecule has 0 heterocycles. The van der Waals surface area contributed by atoms with Crippen molar-refractivity contribution in [3.05, 3.63) is 65.0 Å². The number of hydrogen-bond acceptors (Lipinski definition) is 2. The van der Waals surface area contributed by atoms with Gasteiger partial charge in [-0.05, 0) is 48.2 Å². The van der Waals surface area contributed by atoms with Gasteiger partial charge in [0, 0.05) is 11.3 Å². The van der Waals surface area contributed by atoms with Gasteiger partial charge >= 0.3 is 0 Å². The zero-order valence-electron chi connectivity index (χ0n) is 10.9. The van der Waals surface area contributed by atoms with Gasteiger partial charge in [0.05, 0.1) is 6.04 Å². The van der Waals surface area contributed by atoms with E-state index in [-0.39, 0.29) is 11.9 Å². The molecule has 1 aliphatic carbocycles. The Morgan fingerprint density at radius 1 is 1.25 bits per heavy atom. The van der Waals surface area contributed by atoms with Crippen molar-refractivity contribution < 1.29 is 9.18 Å². The highest BCUT2D eigenvalue weighted by molar-refractivity contribution is 5.93. The fourth-order valence-corrected chi connectivity index (χ4v) is 2.72. The first-order valence-electron chi connectivity index (χ1n) is 6.59. The quantitative estimate of drug-likeness (QED) is 0.900. The largest absolute Gasteiger partial charge is 0.378 e. The van der Waals surface area contributed by atoms with Crippen LogP contribution in [0, 0.1) is 5.82 Å². The van der Waals surface area contributed by atoms with E-state index in [2.05, 4.69) is 5.32 Å². The van der Waals surface area contributed by atoms with Crippen molar-refractivity contribution >= 4 is 11.6 Å². The van der Waals surface area contributed by atoms with Crippen molar-refractivity contribution in [1.29, 1.82) is 0 Å². The molecule has 0 aromatic heterocycles. The van der Waals surface area contributed by atoms with Crippen LogP contribution in [0.5, 0.6) is 0 Å². The lowest BCUT2D eigenvalue weighted by Gasteiger charge is -2.16. The Bertz CT molecular complexity index is 669. The van der Waals surface area contributed by atoms with Gasteiger partial charge in [0.2, 0.25) is 5.91 Å². The van der Waals surface area contributed by atoms with E-state index in [4.69, 9.17) is 5.73 Å². The zero-order chi connectivity index (χ0) is 14.1. The number of hydrogen-bond donors (Lipinski definition) is 2. The van der Waals surface area contributed by atoms with E-state index in [0.29, 0.717) is 5.56 Å². The Balaban J connectivity index is 1.86. The highest BCUT2D eigenvalue weighted by Crippen LogP contribution is 2.35. The van der Waals surface area contributed by atoms with Crippen molar-refractivity contribution in [2.45, 2.75) is 18.9 Å². The molecule has 1 atom stereocenters. The summed E-state index contributed by atoms with van der Waals surface area (Å²) in [5.41, 5.74) is 8.34. The molecular weight excluding hydrogens is 255 g/mol. The Hall–Kier alpha value is -2.36. The number of carbonyl (C=O) groups is 1. The van der Waals surface area contributed by atoms with Crippen LogP contribution in [0.3, 0.4) is 0 Å². The maximum Gasteiger partial charge on any atom is 0.248 e. The second kappa shape index (κ2) is 4.96. The SMILES string of the molecule is NC(=O)c1cccc(NC2CCc3c(F)cccc32)c1. The van der Waals surface area contributed by atoms with Gasteiger partial charge in [-0.15, -0.1) is 0 Å². The van der Waals surface area contributed by atoms with Crippen molar-refractivity contribution in [2.24, 2.45) is 5.73 Å². The minimum Gasteiger partial charge on any atom is -0.378 e. The lowest BCUT2D eigenvalue weighted by atomic mass is 10.1. The van der Waals surface area contributed by atoms with Gasteiger partial charge in [-0.1, -0.05) is 18.2 Å². The van der Waals surface area contributed by atoms with Gasteiger partial charge in [0.1, 0.15) is 5.82 Å². The molecule has 4 heteroatoms. The first kappa shape index (κ1) is 12.7. The lowest BCUT2D eigenvalue weighted by Crippen LogP contribution is -2.12. The van der Waals surface area contributed by atoms with Gasteiger partial charge in [-0.25, -0.2) is 4.39 Å². The van der Waals surface area contributed by atoms with E-state index in [1.54, 1.807) is 24.3 Å². The molecule has 0 fully saturated rings. The summed E-state index contributed by atoms with van der Waals surface area (Å²) in [6, 6.07) is 12.3. The number of amides is 1. The van der Waals surface area contributed by atoms with Gasteiger partial charge in [-0.2, -0.15) is 0 Å². The van der Waals surface area contributed by atoms with Crippen LogP contribution in [0.25, 0.3) is 0 Å². The molecule has 2 aromatic carbocycles. The number of halogens is 1. The minimum atomic E-state index is -0.452. The Labute approximate surface area is 116 Å². The second-order valence-electron chi connectivity index (χ2n) is 4.99. The van der Waals surface area contributed by atoms with E-state index in [0.717, 1.165) is 29.7 Å². The predicted octanol–water partition coefficient (Wildman–Crippen LogP) is 3.02. The molecule has 1 unspecified atom stereocenters. The molecule has 0 spiro atoms. The first-order chi connectivity index (χ1) is 9.65. The summed E-state index contributed by atoms with van der Waals surface area (Å²) < 4.78 is 13.7. The smallest absolute Gasteiger partial charge is 0.248 e. The number of rotatable bonds is 3. The molecule has 0 saturated carbocycles. The summed E-state index contributed by atoms with van der Waals surface area (Å²) in [4.78, 5) is 11.2. The van der Waals surface area contributed by atoms with Crippen LogP contribution in [0.4, 0.5) is 10.1 Å². The third-order valence-corrected chi connectivity index (χ3v) is 3.70. The van der Waals surface area contributed by atoms with Crippen LogP contribution in [-0.2, 0) is 6.42 Å². The van der Waals surface area contributed by atoms with Crippen molar-refractivity contribution in [2.75, 3.05) is 5.32 Å². The van der Waals surface area contributed by atoms with Crippen molar-refractivity contribution in [3.63, 3.8) is 0 Å². The van der Waals surface area contributed by atoms with Gasteiger partial charge in [0.25, 0.3) is 0 Å². The Morgan fingerprint density at radius 3 is 2.85 bits per heavy atom. The summed E-state index contributed by atoms with van der Waals surface area (Å²) in [6.07, 6.45) is 1.58. The van der Waals surface area contributed by atoms with E-state index >= 15 is 0 Å². The summed E-state index contributed by atoms with van der Waals surface area (Å²) in [6.45, 7) is 0. The molecule has 3 nitrogen and oxygen atoms in total. The molecule has 2 aromatic rings. The molecule has 3 N–H and O–H groups in total. The number of fused-ring (bicyclic) bond motifs is 1. The normalized spacial score (nSPS) is 16.8. The number of primary amides is 1. The van der Waals surface area contributed by atoms with Crippen LogP contribution in [0.1, 0.15) is 33.9 Å². The number of nitrogens with two attached hydrogens (primary N) is 1. The third kappa shape index (κ3) is 2.25. The molecule has 3 rings (SSSR count). The third-order valence-electron chi connectivity index (χ3n) is 3.70. The highest BCUT2D eigenvalue weighted by atomic mass is 19.1. The molecule has 0 aliphatic heterocycles. The van der Waals surface area contributed by atoms with Crippen molar-refractivity contribution in [3.8, 4) is 0 Å². The van der Waals surface area contributed by atoms with E-state index in [1.807, 2.05) is 12.1 Å². The number of nitrogens with one attached hydrogen (secondary N) is 1. The number of carbonyl (C=O) groups excluding carboxylic acids is 1. The van der Waals surface area contributed by atoms with Crippen LogP contribution >= 0.6 is 0 Å². The minimum absolute atomic E-state index is 0.0730. The average molecular weight is 270 g/mol. The topological polar surface area (TPSA) is 55.1 Å². The van der Waals surface area contributed by atoms with Gasteiger partial charge in [0.15, 0.2) is 0 Å². The van der Waals surface area contributed by atoms with Crippen LogP contribution in [0.2, 0.25) is 0 Å². The average Bonchev–Trinajstić information content (AvgIpc) is 2.84. The summed E-state index contributed by atoms with van der Waals surface area (Å²) in [5, 5.41) is 3.35. The monoisotopic (exact) mass is 270 g/mol. The molecule has 0 radical (unpaired) electrons. The molecule has 1 amide bonds. The lowest BCUT2D eigenvalue weighted by molar-refractivity contribution is 0.100. The standard InChI is InChI=1S/C16H15FN2O/c17-14-6-2-5-13-12(14)7-8-15(13)19-11-4-1-3-10(9-11)16(18)20/h1-6,9,15,19H,7-8H2,(H2,18,20). The van der Waals surface area contributed by atoms with Crippen LogP contribution < -0.4 is 11.1 Å². The molecule has 20 heavy (non-hydrogen) atoms. The van der Waals surface area contributed by atoms with Gasteiger partial charge in [-0.3, -0.25) is 4.79 Å². The van der Waals surface area contributed by atoms with E-state index < -0.39 is 5.91 Å². The summed E-state index contributed by atoms with van der Waals surface area (Å²) in [5.74, 6) is -0.593. The van der Waals surface area contributed by atoms with Gasteiger partial charge < -0.3 is 11.1 Å². The van der Waals surface area contributed by atoms with Crippen LogP contribution in [-0.4, -0.2) is 5.91 Å². The molecule has 0 bridgehead atoms. The number of anilines is 1. The molecule has 102 valence electrons. The zero-order valence-corrected chi connectivity index (χ0v) is 10.9. The van der Waals surface area contributed by atoms with Crippen LogP contribution in [0.15, 0.2) is 42.5 Å². The summed E-state index contributed by atoms with van der Waals surface area (Å²) >= 11 is 0. The maximum atomic E-state index is 13.7. The van der Waals surface area contributed by atoms with E-state index in [9.17, 15) is 9.18 Å². The fourth-order valence-electron chi connectivity index (χ4n) is 2.72. The molecule has 0 saturated heterocycles. The van der Waals surface area contributed by atoms with E-state index in [1.165, 1.54) is 6.07 Å². The maximum absolute atomic E-state index is 13.7. The molecule has 1 aliphatic rings. The fraction of sp³-hybridized carbons (Fsp3) is 0.188. The van der Waals surface area contributed by atoms with Crippen molar-refractivity contribution in [1.82, 2.24) is 0 Å². The Morgan fingerprint density at radius 2 is 2.05 bits per heavy atom. The Kier molecular flexibility index (Phi) is 3.14. The second-order valence-corrected chi connectivity index (χ2v) is 4.99. The highest BCUT2D eigenvalue weighted by Gasteiger charge is 2.24. The molecular formula is C16H15FN2O. The summed E-state index contributed by atoms with van der Waals surface area (Å²) in [7, 11) is 0. The predicted molar refractivity (Wildman–Crippen MR) is 76.0 cm³/mol. The first-order valence-corrected chi connectivity index (χ1v) is 6.59.